The van der Waals surface area contributed by atoms with Crippen LogP contribution in [0.5, 0.6) is 11.6 Å². The third-order valence-electron chi connectivity index (χ3n) is 6.51. The predicted molar refractivity (Wildman–Crippen MR) is 130 cm³/mol. The van der Waals surface area contributed by atoms with Crippen LogP contribution in [-0.4, -0.2) is 84.7 Å². The number of amides is 1. The van der Waals surface area contributed by atoms with Gasteiger partial charge in [0.15, 0.2) is 5.65 Å². The highest BCUT2D eigenvalue weighted by atomic mass is 16.5. The van der Waals surface area contributed by atoms with Crippen molar-refractivity contribution in [2.45, 2.75) is 31.9 Å². The van der Waals surface area contributed by atoms with Gasteiger partial charge >= 0.3 is 0 Å². The molecular weight excluding hydrogens is 450 g/mol. The van der Waals surface area contributed by atoms with Gasteiger partial charge in [-0.3, -0.25) is 4.79 Å². The fraction of sp³-hybridized carbons (Fsp3) is 0.480. The number of hydrogen-bond donors (Lipinski definition) is 1. The molecule has 1 saturated heterocycles. The average molecular weight is 482 g/mol. The minimum Gasteiger partial charge on any atom is -0.497 e. The molecule has 0 aliphatic carbocycles. The van der Waals surface area contributed by atoms with Crippen LogP contribution in [0.4, 0.5) is 5.69 Å². The molecule has 1 amide bonds. The van der Waals surface area contributed by atoms with Gasteiger partial charge in [-0.1, -0.05) is 0 Å². The van der Waals surface area contributed by atoms with E-state index >= 15 is 0 Å². The molecule has 0 saturated carbocycles. The van der Waals surface area contributed by atoms with Crippen molar-refractivity contribution in [2.24, 2.45) is 0 Å². The zero-order chi connectivity index (χ0) is 24.4. The summed E-state index contributed by atoms with van der Waals surface area (Å²) < 4.78 is 24.6. The molecule has 2 atom stereocenters. The van der Waals surface area contributed by atoms with Crippen LogP contribution in [0.15, 0.2) is 30.6 Å². The largest absolute Gasteiger partial charge is 0.497 e. The van der Waals surface area contributed by atoms with Gasteiger partial charge in [0.1, 0.15) is 18.5 Å². The first-order valence-corrected chi connectivity index (χ1v) is 12.0. The molecule has 2 aromatic heterocycles. The number of rotatable bonds is 6. The standard InChI is InChI=1S/C25H31N5O5/c1-4-34-22-12-19-15-35-24-16(5-8-32-2)14-30-23(28-24)21(13-27-30)17-9-18(11-20(10-17)33-3)26-6-7-29(19)25(22)31/h9-11,13-14,19,22,26H,4-8,12,15H2,1-3H3/t19-,22+/m0/s1. The molecule has 35 heavy (non-hydrogen) atoms. The lowest BCUT2D eigenvalue weighted by molar-refractivity contribution is -0.137. The Hall–Kier alpha value is -3.37. The Morgan fingerprint density at radius 1 is 1.26 bits per heavy atom. The van der Waals surface area contributed by atoms with Crippen LogP contribution in [0.25, 0.3) is 16.8 Å². The Labute approximate surface area is 204 Å². The molecule has 2 aliphatic heterocycles. The van der Waals surface area contributed by atoms with Gasteiger partial charge in [-0.05, 0) is 24.6 Å². The fourth-order valence-electron chi connectivity index (χ4n) is 4.75. The maximum absolute atomic E-state index is 13.1. The van der Waals surface area contributed by atoms with E-state index in [4.69, 9.17) is 23.9 Å². The lowest BCUT2D eigenvalue weighted by Crippen LogP contribution is -2.41. The Balaban J connectivity index is 1.59. The number of methoxy groups -OCH3 is 2. The second-order valence-corrected chi connectivity index (χ2v) is 8.69. The molecule has 4 bridgehead atoms. The smallest absolute Gasteiger partial charge is 0.252 e. The van der Waals surface area contributed by atoms with Gasteiger partial charge in [0, 0.05) is 68.7 Å². The topological polar surface area (TPSA) is 99.5 Å². The van der Waals surface area contributed by atoms with Crippen LogP contribution in [0.2, 0.25) is 0 Å². The van der Waals surface area contributed by atoms with E-state index in [9.17, 15) is 4.79 Å². The summed E-state index contributed by atoms with van der Waals surface area (Å²) >= 11 is 0. The van der Waals surface area contributed by atoms with Gasteiger partial charge < -0.3 is 29.2 Å². The molecule has 10 heteroatoms. The quantitative estimate of drug-likeness (QED) is 0.573. The summed E-state index contributed by atoms with van der Waals surface area (Å²) in [5.74, 6) is 1.25. The van der Waals surface area contributed by atoms with E-state index in [0.29, 0.717) is 57.3 Å². The Morgan fingerprint density at radius 2 is 2.14 bits per heavy atom. The Morgan fingerprint density at radius 3 is 2.94 bits per heavy atom. The zero-order valence-electron chi connectivity index (χ0n) is 20.3. The number of carbonyl (C=O) groups is 1. The average Bonchev–Trinajstić information content (AvgIpc) is 3.41. The molecule has 1 N–H and O–H groups in total. The van der Waals surface area contributed by atoms with Crippen LogP contribution >= 0.6 is 0 Å². The van der Waals surface area contributed by atoms with E-state index in [1.54, 1.807) is 24.9 Å². The number of nitrogens with one attached hydrogen (secondary N) is 1. The lowest BCUT2D eigenvalue weighted by Gasteiger charge is -2.25. The molecule has 0 unspecified atom stereocenters. The molecule has 1 aromatic carbocycles. The zero-order valence-corrected chi connectivity index (χ0v) is 20.3. The summed E-state index contributed by atoms with van der Waals surface area (Å²) in [6, 6.07) is 5.83. The highest BCUT2D eigenvalue weighted by Gasteiger charge is 2.40. The summed E-state index contributed by atoms with van der Waals surface area (Å²) in [7, 11) is 3.31. The summed E-state index contributed by atoms with van der Waals surface area (Å²) in [4.78, 5) is 19.8. The van der Waals surface area contributed by atoms with Gasteiger partial charge in [-0.25, -0.2) is 4.52 Å². The molecule has 186 valence electrons. The van der Waals surface area contributed by atoms with Gasteiger partial charge in [-0.15, -0.1) is 0 Å². The van der Waals surface area contributed by atoms with Crippen molar-refractivity contribution in [3.63, 3.8) is 0 Å². The summed E-state index contributed by atoms with van der Waals surface area (Å²) in [5.41, 5.74) is 4.28. The van der Waals surface area contributed by atoms with Crippen LogP contribution in [-0.2, 0) is 20.7 Å². The molecular formula is C25H31N5O5. The normalized spacial score (nSPS) is 19.9. The third-order valence-corrected chi connectivity index (χ3v) is 6.51. The van der Waals surface area contributed by atoms with Crippen molar-refractivity contribution in [1.29, 1.82) is 0 Å². The monoisotopic (exact) mass is 481 g/mol. The van der Waals surface area contributed by atoms with Crippen molar-refractivity contribution in [3.8, 4) is 22.8 Å². The van der Waals surface area contributed by atoms with E-state index in [0.717, 1.165) is 28.1 Å². The number of nitrogens with zero attached hydrogens (tertiary/aromatic N) is 4. The minimum atomic E-state index is -0.447. The molecule has 10 nitrogen and oxygen atoms in total. The highest BCUT2D eigenvalue weighted by molar-refractivity contribution is 5.84. The van der Waals surface area contributed by atoms with E-state index in [2.05, 4.69) is 10.4 Å². The van der Waals surface area contributed by atoms with Crippen molar-refractivity contribution in [2.75, 3.05) is 52.4 Å². The molecule has 2 aliphatic rings. The summed E-state index contributed by atoms with van der Waals surface area (Å²) in [5, 5.41) is 7.99. The van der Waals surface area contributed by atoms with E-state index in [-0.39, 0.29) is 11.9 Å². The summed E-state index contributed by atoms with van der Waals surface area (Å²) in [6.07, 6.45) is 4.51. The highest BCUT2D eigenvalue weighted by Crippen LogP contribution is 2.33. The fourth-order valence-corrected chi connectivity index (χ4v) is 4.75. The van der Waals surface area contributed by atoms with Crippen molar-refractivity contribution in [1.82, 2.24) is 19.5 Å². The number of fused-ring (bicyclic) bond motifs is 5. The van der Waals surface area contributed by atoms with Crippen LogP contribution in [0.1, 0.15) is 18.9 Å². The number of aromatic nitrogens is 3. The Kier molecular flexibility index (Phi) is 6.74. The Bertz CT molecular complexity index is 1210. The second-order valence-electron chi connectivity index (χ2n) is 8.69. The van der Waals surface area contributed by atoms with Crippen LogP contribution in [0, 0.1) is 0 Å². The van der Waals surface area contributed by atoms with E-state index < -0.39 is 6.10 Å². The number of benzene rings is 1. The van der Waals surface area contributed by atoms with Gasteiger partial charge in [-0.2, -0.15) is 10.1 Å². The maximum atomic E-state index is 13.1. The van der Waals surface area contributed by atoms with Gasteiger partial charge in [0.25, 0.3) is 5.91 Å². The number of carbonyl (C=O) groups excluding carboxylic acids is 1. The SMILES string of the molecule is CCO[C@@H]1C[C@H]2COc3nc4c(cnn4cc3CCOC)-c3cc(cc(OC)c3)NCCN2C1=O. The lowest BCUT2D eigenvalue weighted by atomic mass is 10.1. The maximum Gasteiger partial charge on any atom is 0.252 e. The van der Waals surface area contributed by atoms with E-state index in [1.807, 2.05) is 36.2 Å². The van der Waals surface area contributed by atoms with Gasteiger partial charge in [0.2, 0.25) is 5.88 Å². The van der Waals surface area contributed by atoms with Crippen LogP contribution in [0.3, 0.4) is 0 Å². The molecule has 3 aromatic rings. The molecule has 5 rings (SSSR count). The van der Waals surface area contributed by atoms with Crippen LogP contribution < -0.4 is 14.8 Å². The molecule has 0 spiro atoms. The minimum absolute atomic E-state index is 0.00164. The van der Waals surface area contributed by atoms with Crippen molar-refractivity contribution < 1.29 is 23.7 Å². The van der Waals surface area contributed by atoms with E-state index in [1.165, 1.54) is 0 Å². The first-order chi connectivity index (χ1) is 17.1. The van der Waals surface area contributed by atoms with Crippen molar-refractivity contribution >= 4 is 17.2 Å². The first kappa shape index (κ1) is 23.4. The number of anilines is 1. The van der Waals surface area contributed by atoms with Gasteiger partial charge in [0.05, 0.1) is 26.0 Å². The molecule has 0 radical (unpaired) electrons. The number of ether oxygens (including phenoxy) is 4. The first-order valence-electron chi connectivity index (χ1n) is 12.0. The third kappa shape index (κ3) is 4.63. The molecule has 1 fully saturated rings. The molecule has 4 heterocycles. The second kappa shape index (κ2) is 10.1. The predicted octanol–water partition coefficient (Wildman–Crippen LogP) is 2.40. The summed E-state index contributed by atoms with van der Waals surface area (Å²) in [6.45, 7) is 4.38. The van der Waals surface area contributed by atoms with Crippen molar-refractivity contribution in [3.05, 3.63) is 36.2 Å². The number of hydrogen-bond acceptors (Lipinski definition) is 8.